The molecule has 0 saturated carbocycles. The van der Waals surface area contributed by atoms with Gasteiger partial charge in [0.05, 0.1) is 12.1 Å². The Labute approximate surface area is 157 Å². The zero-order valence-electron chi connectivity index (χ0n) is 13.3. The molecule has 0 fully saturated rings. The lowest BCUT2D eigenvalue weighted by atomic mass is 10.3. The number of hydrogen-bond donors (Lipinski definition) is 2. The number of nitrogens with two attached hydrogens (primary N) is 1. The van der Waals surface area contributed by atoms with E-state index in [9.17, 15) is 9.59 Å². The Hall–Kier alpha value is -2.00. The average Bonchev–Trinajstić information content (AvgIpc) is 3.28. The number of carbonyl (C=O) groups excluding carboxylic acids is 2. The number of nitrogens with zero attached hydrogens (tertiary/aromatic N) is 1. The van der Waals surface area contributed by atoms with Gasteiger partial charge in [-0.05, 0) is 34.3 Å². The van der Waals surface area contributed by atoms with E-state index in [1.807, 2.05) is 22.9 Å². The first-order chi connectivity index (χ1) is 12.1. The second-order valence-corrected chi connectivity index (χ2v) is 8.36. The van der Waals surface area contributed by atoms with Gasteiger partial charge in [0, 0.05) is 22.8 Å². The quantitative estimate of drug-likeness (QED) is 0.616. The highest BCUT2D eigenvalue weighted by Crippen LogP contribution is 2.23. The highest BCUT2D eigenvalue weighted by atomic mass is 32.1. The first kappa shape index (κ1) is 17.8. The van der Waals surface area contributed by atoms with E-state index >= 15 is 0 Å². The van der Waals surface area contributed by atoms with Crippen LogP contribution in [0.4, 0.5) is 5.00 Å². The molecule has 3 N–H and O–H groups in total. The van der Waals surface area contributed by atoms with Crippen molar-refractivity contribution in [2.75, 3.05) is 11.9 Å². The van der Waals surface area contributed by atoms with Gasteiger partial charge in [-0.15, -0.1) is 34.0 Å². The third kappa shape index (κ3) is 4.99. The molecule has 0 aliphatic heterocycles. The number of anilines is 1. The summed E-state index contributed by atoms with van der Waals surface area (Å²) in [4.78, 5) is 28.3. The van der Waals surface area contributed by atoms with Crippen LogP contribution in [0.3, 0.4) is 0 Å². The number of thiophene rings is 3. The van der Waals surface area contributed by atoms with Gasteiger partial charge in [-0.3, -0.25) is 14.5 Å². The van der Waals surface area contributed by atoms with Crippen molar-refractivity contribution in [1.29, 1.82) is 0 Å². The molecule has 2 amide bonds. The van der Waals surface area contributed by atoms with Crippen LogP contribution >= 0.6 is 34.0 Å². The molecule has 0 aliphatic rings. The molecule has 0 unspecified atom stereocenters. The summed E-state index contributed by atoms with van der Waals surface area (Å²) in [7, 11) is 0. The van der Waals surface area contributed by atoms with Crippen molar-refractivity contribution in [1.82, 2.24) is 4.90 Å². The summed E-state index contributed by atoms with van der Waals surface area (Å²) < 4.78 is 0. The minimum atomic E-state index is -0.537. The van der Waals surface area contributed by atoms with Crippen molar-refractivity contribution < 1.29 is 9.59 Å². The molecule has 25 heavy (non-hydrogen) atoms. The number of nitrogens with one attached hydrogen (secondary N) is 1. The second kappa shape index (κ2) is 8.39. The molecule has 3 heterocycles. The van der Waals surface area contributed by atoms with Gasteiger partial charge in [-0.2, -0.15) is 0 Å². The lowest BCUT2D eigenvalue weighted by Gasteiger charge is -2.20. The van der Waals surface area contributed by atoms with E-state index in [-0.39, 0.29) is 12.5 Å². The molecule has 0 spiro atoms. The maximum Gasteiger partial charge on any atom is 0.251 e. The lowest BCUT2D eigenvalue weighted by Crippen LogP contribution is -2.32. The van der Waals surface area contributed by atoms with Crippen molar-refractivity contribution in [3.63, 3.8) is 0 Å². The van der Waals surface area contributed by atoms with Crippen LogP contribution in [0.2, 0.25) is 0 Å². The third-order valence-electron chi connectivity index (χ3n) is 3.47. The van der Waals surface area contributed by atoms with Gasteiger partial charge in [-0.25, -0.2) is 0 Å². The molecule has 0 aromatic carbocycles. The van der Waals surface area contributed by atoms with Gasteiger partial charge in [0.15, 0.2) is 0 Å². The Balaban J connectivity index is 1.67. The molecule has 0 aliphatic carbocycles. The van der Waals surface area contributed by atoms with Crippen LogP contribution in [0.15, 0.2) is 46.5 Å². The molecule has 0 bridgehead atoms. The summed E-state index contributed by atoms with van der Waals surface area (Å²) in [6, 6.07) is 9.77. The second-order valence-electron chi connectivity index (χ2n) is 5.38. The van der Waals surface area contributed by atoms with E-state index in [0.29, 0.717) is 23.7 Å². The topological polar surface area (TPSA) is 75.4 Å². The molecule has 5 nitrogen and oxygen atoms in total. The van der Waals surface area contributed by atoms with Crippen LogP contribution in [-0.2, 0) is 17.9 Å². The lowest BCUT2D eigenvalue weighted by molar-refractivity contribution is -0.117. The van der Waals surface area contributed by atoms with Crippen LogP contribution in [0.1, 0.15) is 20.1 Å². The molecule has 0 radical (unpaired) electrons. The van der Waals surface area contributed by atoms with Crippen LogP contribution < -0.4 is 11.1 Å². The summed E-state index contributed by atoms with van der Waals surface area (Å²) in [5.74, 6) is -0.691. The minimum Gasteiger partial charge on any atom is -0.366 e. The fourth-order valence-corrected chi connectivity index (χ4v) is 4.68. The predicted molar refractivity (Wildman–Crippen MR) is 104 cm³/mol. The zero-order valence-corrected chi connectivity index (χ0v) is 15.8. The monoisotopic (exact) mass is 391 g/mol. The van der Waals surface area contributed by atoms with E-state index in [0.717, 1.165) is 0 Å². The summed E-state index contributed by atoms with van der Waals surface area (Å²) in [6.45, 7) is 1.65. The summed E-state index contributed by atoms with van der Waals surface area (Å²) in [5.41, 5.74) is 5.67. The molecule has 130 valence electrons. The summed E-state index contributed by atoms with van der Waals surface area (Å²) in [6.07, 6.45) is 0. The van der Waals surface area contributed by atoms with E-state index in [1.54, 1.807) is 34.1 Å². The smallest absolute Gasteiger partial charge is 0.251 e. The van der Waals surface area contributed by atoms with E-state index in [1.165, 1.54) is 21.1 Å². The van der Waals surface area contributed by atoms with Gasteiger partial charge in [0.1, 0.15) is 5.00 Å². The third-order valence-corrected chi connectivity index (χ3v) is 6.02. The molecule has 3 aromatic rings. The number of hydrogen-bond acceptors (Lipinski definition) is 6. The molecule has 0 saturated heterocycles. The fraction of sp³-hybridized carbons (Fsp3) is 0.176. The largest absolute Gasteiger partial charge is 0.366 e. The molecule has 3 rings (SSSR count). The number of amides is 2. The number of rotatable bonds is 8. The van der Waals surface area contributed by atoms with Crippen molar-refractivity contribution >= 4 is 50.8 Å². The van der Waals surface area contributed by atoms with Gasteiger partial charge in [-0.1, -0.05) is 12.1 Å². The normalized spacial score (nSPS) is 10.9. The van der Waals surface area contributed by atoms with Gasteiger partial charge in [0.25, 0.3) is 5.91 Å². The van der Waals surface area contributed by atoms with Crippen LogP contribution in [0.25, 0.3) is 0 Å². The van der Waals surface area contributed by atoms with Crippen molar-refractivity contribution in [2.45, 2.75) is 13.1 Å². The molecular weight excluding hydrogens is 374 g/mol. The maximum absolute atomic E-state index is 12.5. The standard InChI is InChI=1S/C17H17N3O2S3/c18-16(22)14-5-8-25-17(14)19-15(21)11-20(9-12-3-1-6-23-12)10-13-4-2-7-24-13/h1-8H,9-11H2,(H2,18,22)(H,19,21). The Morgan fingerprint density at radius 1 is 0.960 bits per heavy atom. The van der Waals surface area contributed by atoms with Gasteiger partial charge < -0.3 is 11.1 Å². The van der Waals surface area contributed by atoms with Crippen LogP contribution in [0.5, 0.6) is 0 Å². The molecular formula is C17H17N3O2S3. The van der Waals surface area contributed by atoms with E-state index in [2.05, 4.69) is 22.3 Å². The van der Waals surface area contributed by atoms with Crippen LogP contribution in [0, 0.1) is 0 Å². The Morgan fingerprint density at radius 2 is 1.60 bits per heavy atom. The highest BCUT2D eigenvalue weighted by molar-refractivity contribution is 7.14. The Kier molecular flexibility index (Phi) is 5.98. The SMILES string of the molecule is NC(=O)c1ccsc1NC(=O)CN(Cc1cccs1)Cc1cccs1. The first-order valence-electron chi connectivity index (χ1n) is 7.56. The Bertz CT molecular complexity index is 789. The van der Waals surface area contributed by atoms with Crippen molar-refractivity contribution in [3.8, 4) is 0 Å². The highest BCUT2D eigenvalue weighted by Gasteiger charge is 2.16. The van der Waals surface area contributed by atoms with Crippen molar-refractivity contribution in [2.24, 2.45) is 5.73 Å². The molecule has 0 atom stereocenters. The number of carbonyl (C=O) groups is 2. The molecule has 8 heteroatoms. The average molecular weight is 392 g/mol. The Morgan fingerprint density at radius 3 is 2.12 bits per heavy atom. The van der Waals surface area contributed by atoms with Crippen LogP contribution in [-0.4, -0.2) is 23.3 Å². The molecule has 3 aromatic heterocycles. The minimum absolute atomic E-state index is 0.155. The van der Waals surface area contributed by atoms with E-state index in [4.69, 9.17) is 5.73 Å². The summed E-state index contributed by atoms with van der Waals surface area (Å²) in [5, 5.41) is 9.11. The zero-order chi connectivity index (χ0) is 17.6. The van der Waals surface area contributed by atoms with Gasteiger partial charge in [0.2, 0.25) is 5.91 Å². The van der Waals surface area contributed by atoms with Gasteiger partial charge >= 0.3 is 0 Å². The summed E-state index contributed by atoms with van der Waals surface area (Å²) >= 11 is 4.64. The van der Waals surface area contributed by atoms with E-state index < -0.39 is 5.91 Å². The van der Waals surface area contributed by atoms with Crippen molar-refractivity contribution in [3.05, 3.63) is 61.8 Å². The number of primary amides is 1. The first-order valence-corrected chi connectivity index (χ1v) is 10.2. The predicted octanol–water partition coefficient (Wildman–Crippen LogP) is 3.61. The fourth-order valence-electron chi connectivity index (χ4n) is 2.38. The maximum atomic E-state index is 12.5.